The van der Waals surface area contributed by atoms with Gasteiger partial charge in [0.25, 0.3) is 0 Å². The van der Waals surface area contributed by atoms with E-state index in [9.17, 15) is 4.79 Å². The molecule has 2 N–H and O–H groups in total. The van der Waals surface area contributed by atoms with Crippen LogP contribution in [0.15, 0.2) is 36.5 Å². The number of ether oxygens (including phenoxy) is 1. The van der Waals surface area contributed by atoms with E-state index in [0.29, 0.717) is 0 Å². The van der Waals surface area contributed by atoms with Gasteiger partial charge in [-0.05, 0) is 50.5 Å². The largest absolute Gasteiger partial charge is 0.459 e. The summed E-state index contributed by atoms with van der Waals surface area (Å²) in [7, 11) is 0. The van der Waals surface area contributed by atoms with Crippen LogP contribution in [0.2, 0.25) is 0 Å². The lowest BCUT2D eigenvalue weighted by Crippen LogP contribution is -2.48. The summed E-state index contributed by atoms with van der Waals surface area (Å²) in [6.45, 7) is 19.7. The third-order valence-electron chi connectivity index (χ3n) is 3.83. The van der Waals surface area contributed by atoms with Gasteiger partial charge < -0.3 is 10.5 Å². The number of rotatable bonds is 7. The Morgan fingerprint density at radius 3 is 2.09 bits per heavy atom. The average molecular weight is 322 g/mol. The van der Waals surface area contributed by atoms with Gasteiger partial charge in [-0.25, -0.2) is 0 Å². The molecule has 0 rings (SSSR count). The van der Waals surface area contributed by atoms with E-state index in [2.05, 4.69) is 26.5 Å². The van der Waals surface area contributed by atoms with E-state index >= 15 is 0 Å². The number of hydrogen-bond donors (Lipinski definition) is 1. The minimum atomic E-state index is -0.670. The quantitative estimate of drug-likeness (QED) is 0.542. The molecule has 0 aliphatic rings. The zero-order chi connectivity index (χ0) is 18.5. The van der Waals surface area contributed by atoms with E-state index in [1.807, 2.05) is 53.7 Å². The number of esters is 1. The van der Waals surface area contributed by atoms with Gasteiger partial charge in [-0.2, -0.15) is 0 Å². The Balaban J connectivity index is 5.32. The van der Waals surface area contributed by atoms with Crippen LogP contribution in [0.4, 0.5) is 0 Å². The first-order chi connectivity index (χ1) is 10.3. The molecule has 132 valence electrons. The topological polar surface area (TPSA) is 52.3 Å². The highest BCUT2D eigenvalue weighted by molar-refractivity contribution is 5.77. The lowest BCUT2D eigenvalue weighted by atomic mass is 9.68. The standard InChI is InChI=1S/C20H35NO2/c1-10-12-15(13-11-2)19(6,7)14-20(8,9)16(21)17(22)23-18(3,4)5/h10-13,16H,1,14,21H2,2-9H3/b13-11-,15-12+. The van der Waals surface area contributed by atoms with E-state index in [1.165, 1.54) is 5.57 Å². The van der Waals surface area contributed by atoms with E-state index in [4.69, 9.17) is 10.5 Å². The van der Waals surface area contributed by atoms with Crippen LogP contribution < -0.4 is 5.73 Å². The Bertz CT molecular complexity index is 476. The normalized spacial score (nSPS) is 15.6. The van der Waals surface area contributed by atoms with Crippen LogP contribution in [-0.2, 0) is 9.53 Å². The SMILES string of the molecule is C=C/C=C(\C=C/C)C(C)(C)CC(C)(C)C(N)C(=O)OC(C)(C)C. The Morgan fingerprint density at radius 1 is 1.17 bits per heavy atom. The average Bonchev–Trinajstić information content (AvgIpc) is 2.34. The first-order valence-corrected chi connectivity index (χ1v) is 8.21. The van der Waals surface area contributed by atoms with Crippen molar-refractivity contribution in [3.8, 4) is 0 Å². The second-order valence-electron chi connectivity index (χ2n) is 8.42. The summed E-state index contributed by atoms with van der Waals surface area (Å²) >= 11 is 0. The number of nitrogens with two attached hydrogens (primary N) is 1. The van der Waals surface area contributed by atoms with Gasteiger partial charge in [-0.1, -0.05) is 58.6 Å². The number of carbonyl (C=O) groups is 1. The zero-order valence-electron chi connectivity index (χ0n) is 16.2. The Labute approximate surface area is 142 Å². The lowest BCUT2D eigenvalue weighted by molar-refractivity contribution is -0.159. The third kappa shape index (κ3) is 7.17. The summed E-state index contributed by atoms with van der Waals surface area (Å²) < 4.78 is 5.45. The van der Waals surface area contributed by atoms with Crippen molar-refractivity contribution in [3.05, 3.63) is 36.5 Å². The second kappa shape index (κ2) is 7.96. The van der Waals surface area contributed by atoms with E-state index in [1.54, 1.807) is 6.08 Å². The molecular formula is C20H35NO2. The smallest absolute Gasteiger partial charge is 0.323 e. The maximum atomic E-state index is 12.3. The van der Waals surface area contributed by atoms with Gasteiger partial charge in [0, 0.05) is 0 Å². The summed E-state index contributed by atoms with van der Waals surface area (Å²) in [5, 5.41) is 0. The van der Waals surface area contributed by atoms with Crippen LogP contribution in [0.3, 0.4) is 0 Å². The molecule has 0 aromatic heterocycles. The molecule has 0 aliphatic carbocycles. The fourth-order valence-corrected chi connectivity index (χ4v) is 2.85. The van der Waals surface area contributed by atoms with Crippen LogP contribution in [-0.4, -0.2) is 17.6 Å². The highest BCUT2D eigenvalue weighted by atomic mass is 16.6. The fourth-order valence-electron chi connectivity index (χ4n) is 2.85. The van der Waals surface area contributed by atoms with Crippen molar-refractivity contribution < 1.29 is 9.53 Å². The molecule has 0 saturated heterocycles. The van der Waals surface area contributed by atoms with Gasteiger partial charge in [0.1, 0.15) is 11.6 Å². The van der Waals surface area contributed by atoms with Crippen LogP contribution in [0.1, 0.15) is 61.8 Å². The molecule has 1 unspecified atom stereocenters. The summed E-state index contributed by atoms with van der Waals surface area (Å²) in [6, 6.07) is -0.670. The fraction of sp³-hybridized carbons (Fsp3) is 0.650. The van der Waals surface area contributed by atoms with Crippen molar-refractivity contribution in [3.63, 3.8) is 0 Å². The Morgan fingerprint density at radius 2 is 1.70 bits per heavy atom. The first kappa shape index (κ1) is 21.6. The number of allylic oxidation sites excluding steroid dienone is 5. The van der Waals surface area contributed by atoms with Gasteiger partial charge >= 0.3 is 5.97 Å². The Kier molecular flexibility index (Phi) is 7.49. The summed E-state index contributed by atoms with van der Waals surface area (Å²) in [6.07, 6.45) is 8.64. The molecule has 0 aliphatic heterocycles. The minimum Gasteiger partial charge on any atom is -0.459 e. The zero-order valence-corrected chi connectivity index (χ0v) is 16.2. The van der Waals surface area contributed by atoms with Crippen molar-refractivity contribution in [1.82, 2.24) is 0 Å². The molecule has 1 atom stereocenters. The monoisotopic (exact) mass is 321 g/mol. The van der Waals surface area contributed by atoms with Gasteiger partial charge in [0.15, 0.2) is 0 Å². The molecule has 0 amide bonds. The molecule has 0 fully saturated rings. The molecule has 0 heterocycles. The van der Waals surface area contributed by atoms with Crippen molar-refractivity contribution in [2.75, 3.05) is 0 Å². The molecule has 0 bridgehead atoms. The van der Waals surface area contributed by atoms with Crippen LogP contribution >= 0.6 is 0 Å². The first-order valence-electron chi connectivity index (χ1n) is 8.21. The van der Waals surface area contributed by atoms with Crippen LogP contribution in [0.25, 0.3) is 0 Å². The van der Waals surface area contributed by atoms with Gasteiger partial charge in [-0.3, -0.25) is 4.79 Å². The van der Waals surface area contributed by atoms with Gasteiger partial charge in [0.2, 0.25) is 0 Å². The maximum Gasteiger partial charge on any atom is 0.323 e. The molecular weight excluding hydrogens is 286 g/mol. The van der Waals surface area contributed by atoms with Crippen molar-refractivity contribution in [1.29, 1.82) is 0 Å². The second-order valence-corrected chi connectivity index (χ2v) is 8.42. The van der Waals surface area contributed by atoms with E-state index in [0.717, 1.165) is 6.42 Å². The highest BCUT2D eigenvalue weighted by Gasteiger charge is 2.39. The van der Waals surface area contributed by atoms with E-state index < -0.39 is 17.1 Å². The molecule has 3 nitrogen and oxygen atoms in total. The summed E-state index contributed by atoms with van der Waals surface area (Å²) in [5.41, 5.74) is 6.33. The van der Waals surface area contributed by atoms with Crippen LogP contribution in [0, 0.1) is 10.8 Å². The third-order valence-corrected chi connectivity index (χ3v) is 3.83. The number of carbonyl (C=O) groups excluding carboxylic acids is 1. The Hall–Kier alpha value is -1.35. The van der Waals surface area contributed by atoms with Crippen molar-refractivity contribution >= 4 is 5.97 Å². The predicted molar refractivity (Wildman–Crippen MR) is 99.1 cm³/mol. The van der Waals surface area contributed by atoms with Gasteiger partial charge in [0.05, 0.1) is 0 Å². The molecule has 0 aromatic carbocycles. The summed E-state index contributed by atoms with van der Waals surface area (Å²) in [4.78, 5) is 12.3. The molecule has 0 aromatic rings. The molecule has 23 heavy (non-hydrogen) atoms. The van der Waals surface area contributed by atoms with Gasteiger partial charge in [-0.15, -0.1) is 0 Å². The van der Waals surface area contributed by atoms with Crippen LogP contribution in [0.5, 0.6) is 0 Å². The predicted octanol–water partition coefficient (Wildman–Crippen LogP) is 4.79. The van der Waals surface area contributed by atoms with Crippen molar-refractivity contribution in [2.45, 2.75) is 73.5 Å². The van der Waals surface area contributed by atoms with E-state index in [-0.39, 0.29) is 11.4 Å². The highest BCUT2D eigenvalue weighted by Crippen LogP contribution is 2.41. The molecule has 0 radical (unpaired) electrons. The maximum absolute atomic E-state index is 12.3. The minimum absolute atomic E-state index is 0.135. The summed E-state index contributed by atoms with van der Waals surface area (Å²) in [5.74, 6) is -0.349. The molecule has 0 spiro atoms. The molecule has 3 heteroatoms. The lowest BCUT2D eigenvalue weighted by Gasteiger charge is -2.39. The van der Waals surface area contributed by atoms with Crippen molar-refractivity contribution in [2.24, 2.45) is 16.6 Å². The molecule has 0 saturated carbocycles. The number of hydrogen-bond acceptors (Lipinski definition) is 3.